The van der Waals surface area contributed by atoms with Crippen LogP contribution in [-0.2, 0) is 0 Å². The average Bonchev–Trinajstić information content (AvgIpc) is 2.16. The Kier molecular flexibility index (Phi) is 2.70. The van der Waals surface area contributed by atoms with Gasteiger partial charge in [-0.05, 0) is 0 Å². The number of aromatic nitrogens is 1. The summed E-state index contributed by atoms with van der Waals surface area (Å²) in [6.07, 6.45) is 0.941. The zero-order valence-electron chi connectivity index (χ0n) is 7.59. The topological polar surface area (TPSA) is 88.5 Å². The maximum atomic E-state index is 11.1. The largest absolute Gasteiger partial charge is 0.616 e. The highest BCUT2D eigenvalue weighted by Gasteiger charge is 2.22. The van der Waals surface area contributed by atoms with Gasteiger partial charge < -0.3 is 14.7 Å². The molecule has 1 rings (SSSR count). The second-order valence-electron chi connectivity index (χ2n) is 2.35. The van der Waals surface area contributed by atoms with Crippen molar-refractivity contribution in [1.29, 1.82) is 0 Å². The van der Waals surface area contributed by atoms with Gasteiger partial charge in [0.05, 0.1) is 19.1 Å². The molecule has 0 aliphatic heterocycles. The van der Waals surface area contributed by atoms with E-state index in [-0.39, 0.29) is 17.3 Å². The Balaban J connectivity index is 3.32. The zero-order valence-corrected chi connectivity index (χ0v) is 7.59. The van der Waals surface area contributed by atoms with Crippen molar-refractivity contribution in [2.24, 2.45) is 0 Å². The van der Waals surface area contributed by atoms with Gasteiger partial charge in [0.1, 0.15) is 6.07 Å². The maximum Gasteiger partial charge on any atom is 0.386 e. The van der Waals surface area contributed by atoms with Crippen molar-refractivity contribution in [1.82, 2.24) is 0 Å². The van der Waals surface area contributed by atoms with Gasteiger partial charge in [-0.15, -0.1) is 4.73 Å². The lowest BCUT2D eigenvalue weighted by molar-refractivity contribution is -0.613. The summed E-state index contributed by atoms with van der Waals surface area (Å²) in [5, 5.41) is 21.6. The normalized spacial score (nSPS) is 9.57. The van der Waals surface area contributed by atoms with E-state index in [4.69, 9.17) is 0 Å². The Morgan fingerprint density at radius 3 is 2.50 bits per heavy atom. The third kappa shape index (κ3) is 1.65. The third-order valence-corrected chi connectivity index (χ3v) is 1.59. The molecule has 14 heavy (non-hydrogen) atoms. The van der Waals surface area contributed by atoms with Gasteiger partial charge in [-0.1, -0.05) is 0 Å². The van der Waals surface area contributed by atoms with Crippen molar-refractivity contribution in [2.75, 3.05) is 14.2 Å². The minimum absolute atomic E-state index is 0.106. The molecule has 0 unspecified atom stereocenters. The Bertz CT molecular complexity index is 365. The first-order chi connectivity index (χ1) is 6.60. The van der Waals surface area contributed by atoms with Gasteiger partial charge in [0.2, 0.25) is 6.20 Å². The molecule has 1 heterocycles. The van der Waals surface area contributed by atoms with E-state index in [2.05, 4.69) is 9.47 Å². The van der Waals surface area contributed by atoms with Crippen molar-refractivity contribution in [3.63, 3.8) is 0 Å². The third-order valence-electron chi connectivity index (χ3n) is 1.59. The number of nitro groups is 1. The molecular weight excluding hydrogens is 192 g/mol. The fourth-order valence-electron chi connectivity index (χ4n) is 0.937. The van der Waals surface area contributed by atoms with Gasteiger partial charge in [-0.2, -0.15) is 0 Å². The highest BCUT2D eigenvalue weighted by molar-refractivity contribution is 5.44. The predicted molar refractivity (Wildman–Crippen MR) is 45.2 cm³/mol. The summed E-state index contributed by atoms with van der Waals surface area (Å²) in [5.74, 6) is -0.261. The van der Waals surface area contributed by atoms with Crippen LogP contribution < -0.4 is 14.2 Å². The lowest BCUT2D eigenvalue weighted by atomic mass is 10.4. The molecule has 0 saturated heterocycles. The van der Waals surface area contributed by atoms with Crippen LogP contribution in [0.25, 0.3) is 0 Å². The Morgan fingerprint density at radius 2 is 2.07 bits per heavy atom. The standard InChI is InChI=1S/C7H8N2O5/c1-13-6-4-8(10)7(14-2)3-5(6)9(11)12/h3-4H,1-2H3. The number of pyridine rings is 1. The molecule has 0 atom stereocenters. The van der Waals surface area contributed by atoms with Crippen LogP contribution in [0.2, 0.25) is 0 Å². The molecule has 0 N–H and O–H groups in total. The van der Waals surface area contributed by atoms with Gasteiger partial charge >= 0.3 is 11.6 Å². The SMILES string of the molecule is COc1c[n+]([O-])c(OC)cc1[N+](=O)[O-]. The molecule has 0 saturated carbocycles. The highest BCUT2D eigenvalue weighted by Crippen LogP contribution is 2.27. The molecular formula is C7H8N2O5. The second kappa shape index (κ2) is 3.77. The average molecular weight is 200 g/mol. The van der Waals surface area contributed by atoms with Crippen LogP contribution >= 0.6 is 0 Å². The van der Waals surface area contributed by atoms with Gasteiger partial charge in [0.25, 0.3) is 5.75 Å². The molecule has 0 aromatic carbocycles. The molecule has 0 amide bonds. The number of rotatable bonds is 3. The maximum absolute atomic E-state index is 11.1. The fourth-order valence-corrected chi connectivity index (χ4v) is 0.937. The van der Waals surface area contributed by atoms with E-state index in [1.54, 1.807) is 0 Å². The first-order valence-electron chi connectivity index (χ1n) is 3.59. The van der Waals surface area contributed by atoms with E-state index < -0.39 is 4.92 Å². The van der Waals surface area contributed by atoms with Crippen molar-refractivity contribution in [3.8, 4) is 11.6 Å². The van der Waals surface area contributed by atoms with Gasteiger partial charge in [-0.25, -0.2) is 0 Å². The summed E-state index contributed by atoms with van der Waals surface area (Å²) in [6.45, 7) is 0. The second-order valence-corrected chi connectivity index (χ2v) is 2.35. The Morgan fingerprint density at radius 1 is 1.43 bits per heavy atom. The molecule has 7 nitrogen and oxygen atoms in total. The first-order valence-corrected chi connectivity index (χ1v) is 3.59. The summed E-state index contributed by atoms with van der Waals surface area (Å²) >= 11 is 0. The van der Waals surface area contributed by atoms with E-state index in [0.717, 1.165) is 12.3 Å². The summed E-state index contributed by atoms with van der Waals surface area (Å²) < 4.78 is 9.65. The molecule has 0 radical (unpaired) electrons. The number of ether oxygens (including phenoxy) is 2. The van der Waals surface area contributed by atoms with Crippen LogP contribution in [0.4, 0.5) is 5.69 Å². The number of hydrogen-bond donors (Lipinski definition) is 0. The van der Waals surface area contributed by atoms with Gasteiger partial charge in [-0.3, -0.25) is 10.1 Å². The number of methoxy groups -OCH3 is 2. The summed E-state index contributed by atoms with van der Waals surface area (Å²) in [7, 11) is 2.49. The van der Waals surface area contributed by atoms with Crippen LogP contribution in [0.3, 0.4) is 0 Å². The summed E-state index contributed by atoms with van der Waals surface area (Å²) in [5.41, 5.74) is -0.309. The minimum Gasteiger partial charge on any atom is -0.616 e. The van der Waals surface area contributed by atoms with E-state index in [1.807, 2.05) is 0 Å². The van der Waals surface area contributed by atoms with Crippen molar-refractivity contribution in [2.45, 2.75) is 0 Å². The molecule has 76 valence electrons. The van der Waals surface area contributed by atoms with E-state index >= 15 is 0 Å². The van der Waals surface area contributed by atoms with Crippen LogP contribution in [0.5, 0.6) is 11.6 Å². The molecule has 7 heteroatoms. The lowest BCUT2D eigenvalue weighted by Crippen LogP contribution is -2.28. The van der Waals surface area contributed by atoms with E-state index in [1.165, 1.54) is 14.2 Å². The molecule has 0 fully saturated rings. The molecule has 0 bridgehead atoms. The van der Waals surface area contributed by atoms with Gasteiger partial charge in [0, 0.05) is 0 Å². The minimum atomic E-state index is -0.651. The van der Waals surface area contributed by atoms with E-state index in [0.29, 0.717) is 4.73 Å². The molecule has 0 aliphatic carbocycles. The van der Waals surface area contributed by atoms with Gasteiger partial charge in [0.15, 0.2) is 0 Å². The monoisotopic (exact) mass is 200 g/mol. The molecule has 1 aromatic rings. The summed E-state index contributed by atoms with van der Waals surface area (Å²) in [6, 6.07) is 1.01. The molecule has 0 aliphatic rings. The van der Waals surface area contributed by atoms with Crippen LogP contribution in [0, 0.1) is 15.3 Å². The lowest BCUT2D eigenvalue weighted by Gasteiger charge is -2.04. The fraction of sp³-hybridized carbons (Fsp3) is 0.286. The van der Waals surface area contributed by atoms with Crippen LogP contribution in [-0.4, -0.2) is 19.1 Å². The molecule has 0 spiro atoms. The summed E-state index contributed by atoms with van der Waals surface area (Å²) in [4.78, 5) is 9.87. The zero-order chi connectivity index (χ0) is 10.7. The Labute approximate surface area is 79.2 Å². The number of hydrogen-bond acceptors (Lipinski definition) is 5. The van der Waals surface area contributed by atoms with Crippen LogP contribution in [0.1, 0.15) is 0 Å². The smallest absolute Gasteiger partial charge is 0.386 e. The highest BCUT2D eigenvalue weighted by atomic mass is 16.6. The number of nitrogens with zero attached hydrogens (tertiary/aromatic N) is 2. The van der Waals surface area contributed by atoms with Crippen LogP contribution in [0.15, 0.2) is 12.3 Å². The van der Waals surface area contributed by atoms with Crippen molar-refractivity contribution >= 4 is 5.69 Å². The Hall–Kier alpha value is -2.05. The quantitative estimate of drug-likeness (QED) is 0.302. The first kappa shape index (κ1) is 10.0. The van der Waals surface area contributed by atoms with Crippen molar-refractivity contribution in [3.05, 3.63) is 27.6 Å². The van der Waals surface area contributed by atoms with E-state index in [9.17, 15) is 15.3 Å². The predicted octanol–water partition coefficient (Wildman–Crippen LogP) is 0.245. The molecule has 1 aromatic heterocycles. The van der Waals surface area contributed by atoms with Crippen molar-refractivity contribution < 1.29 is 19.1 Å².